The number of hydrogen-bond acceptors (Lipinski definition) is 5. The van der Waals surface area contributed by atoms with Crippen molar-refractivity contribution in [3.8, 4) is 6.07 Å². The zero-order chi connectivity index (χ0) is 20.3. The summed E-state index contributed by atoms with van der Waals surface area (Å²) in [7, 11) is 0. The van der Waals surface area contributed by atoms with Gasteiger partial charge in [0.1, 0.15) is 6.07 Å². The maximum atomic E-state index is 14.5. The number of rotatable bonds is 7. The Kier molecular flexibility index (Phi) is 5.36. The Morgan fingerprint density at radius 3 is 2.57 bits per heavy atom. The highest BCUT2D eigenvalue weighted by Gasteiger charge is 2.50. The van der Waals surface area contributed by atoms with Crippen LogP contribution in [-0.2, 0) is 0 Å². The molecule has 1 aliphatic rings. The average Bonchev–Trinajstić information content (AvgIpc) is 3.43. The second kappa shape index (κ2) is 7.72. The van der Waals surface area contributed by atoms with Gasteiger partial charge in [-0.3, -0.25) is 0 Å². The number of nitrogens with zero attached hydrogens (tertiary/aromatic N) is 2. The van der Waals surface area contributed by atoms with Crippen molar-refractivity contribution < 1.29 is 14.3 Å². The van der Waals surface area contributed by atoms with Gasteiger partial charge in [0.15, 0.2) is 17.5 Å². The Labute approximate surface area is 162 Å². The summed E-state index contributed by atoms with van der Waals surface area (Å²) in [5.74, 6) is -0.435. The van der Waals surface area contributed by atoms with Gasteiger partial charge in [-0.05, 0) is 44.4 Å². The number of halogens is 1. The van der Waals surface area contributed by atoms with Crippen molar-refractivity contribution in [3.05, 3.63) is 47.3 Å². The summed E-state index contributed by atoms with van der Waals surface area (Å²) in [5.41, 5.74) is 1.28. The van der Waals surface area contributed by atoms with Gasteiger partial charge in [0.25, 0.3) is 0 Å². The van der Waals surface area contributed by atoms with E-state index in [2.05, 4.69) is 20.9 Å². The van der Waals surface area contributed by atoms with E-state index in [9.17, 15) is 14.4 Å². The second-order valence-corrected chi connectivity index (χ2v) is 7.01. The van der Waals surface area contributed by atoms with Crippen LogP contribution in [0.25, 0.3) is 0 Å². The Morgan fingerprint density at radius 1 is 1.36 bits per heavy atom. The highest BCUT2D eigenvalue weighted by Crippen LogP contribution is 2.41. The molecule has 1 fully saturated rings. The maximum Gasteiger partial charge on any atom is 0.405 e. The van der Waals surface area contributed by atoms with Gasteiger partial charge in [-0.1, -0.05) is 24.6 Å². The monoisotopic (exact) mass is 383 g/mol. The molecule has 0 aliphatic heterocycles. The molecule has 1 atom stereocenters. The number of carbonyl (C=O) groups is 1. The first-order valence-electron chi connectivity index (χ1n) is 9.09. The minimum atomic E-state index is -1.10. The molecule has 1 aliphatic carbocycles. The number of benzene rings is 1. The fourth-order valence-electron chi connectivity index (χ4n) is 3.25. The van der Waals surface area contributed by atoms with Gasteiger partial charge in [0, 0.05) is 5.69 Å². The van der Waals surface area contributed by atoms with Crippen LogP contribution in [0.3, 0.4) is 0 Å². The lowest BCUT2D eigenvalue weighted by Gasteiger charge is -2.27. The molecule has 1 aromatic carbocycles. The third-order valence-electron chi connectivity index (χ3n) is 4.94. The molecule has 28 heavy (non-hydrogen) atoms. The smallest absolute Gasteiger partial charge is 0.405 e. The molecule has 0 saturated heterocycles. The van der Waals surface area contributed by atoms with Gasteiger partial charge in [0.05, 0.1) is 17.1 Å². The van der Waals surface area contributed by atoms with Crippen LogP contribution in [0, 0.1) is 24.1 Å². The molecular weight excluding hydrogens is 361 g/mol. The number of anilines is 3. The van der Waals surface area contributed by atoms with E-state index in [1.54, 1.807) is 0 Å². The zero-order valence-corrected chi connectivity index (χ0v) is 15.7. The predicted octanol–water partition coefficient (Wildman–Crippen LogP) is 4.14. The van der Waals surface area contributed by atoms with Crippen LogP contribution in [0.2, 0.25) is 0 Å². The number of aryl methyl sites for hydroxylation is 1. The van der Waals surface area contributed by atoms with E-state index in [-0.39, 0.29) is 23.2 Å². The molecular formula is C20H22FN5O2. The lowest BCUT2D eigenvalue weighted by Crippen LogP contribution is -2.48. The predicted molar refractivity (Wildman–Crippen MR) is 104 cm³/mol. The topological polar surface area (TPSA) is 110 Å². The standard InChI is InChI=1S/C20H22FN5O2/c1-3-16(20(8-9-20)26-19(27)28)24-18-15(21)10-13(11-22)17(25-18)23-14-6-4-12(2)5-7-14/h4-7,10,16,26H,3,8-9H2,1-2H3,(H,27,28)(H2,23,24,25). The fourth-order valence-corrected chi connectivity index (χ4v) is 3.25. The minimum absolute atomic E-state index is 0.0149. The van der Waals surface area contributed by atoms with Crippen molar-refractivity contribution in [3.63, 3.8) is 0 Å². The first-order chi connectivity index (χ1) is 13.4. The van der Waals surface area contributed by atoms with Crippen molar-refractivity contribution >= 4 is 23.4 Å². The molecule has 8 heteroatoms. The number of pyridine rings is 1. The molecule has 1 saturated carbocycles. The van der Waals surface area contributed by atoms with Gasteiger partial charge >= 0.3 is 6.09 Å². The van der Waals surface area contributed by atoms with Crippen LogP contribution < -0.4 is 16.0 Å². The fraction of sp³-hybridized carbons (Fsp3) is 0.350. The summed E-state index contributed by atoms with van der Waals surface area (Å²) in [4.78, 5) is 15.4. The van der Waals surface area contributed by atoms with Crippen molar-refractivity contribution in [2.45, 2.75) is 44.7 Å². The van der Waals surface area contributed by atoms with E-state index in [1.165, 1.54) is 0 Å². The van der Waals surface area contributed by atoms with Crippen LogP contribution in [0.15, 0.2) is 30.3 Å². The Bertz CT molecular complexity index is 919. The molecule has 3 rings (SSSR count). The summed E-state index contributed by atoms with van der Waals surface area (Å²) in [6.45, 7) is 3.86. The molecule has 146 valence electrons. The second-order valence-electron chi connectivity index (χ2n) is 7.01. The van der Waals surface area contributed by atoms with E-state index < -0.39 is 17.4 Å². The van der Waals surface area contributed by atoms with Crippen LogP contribution in [0.4, 0.5) is 26.5 Å². The molecule has 1 aromatic heterocycles. The van der Waals surface area contributed by atoms with E-state index in [1.807, 2.05) is 44.2 Å². The van der Waals surface area contributed by atoms with Gasteiger partial charge in [-0.2, -0.15) is 5.26 Å². The molecule has 1 unspecified atom stereocenters. The number of nitrogens with one attached hydrogen (secondary N) is 3. The highest BCUT2D eigenvalue weighted by atomic mass is 19.1. The van der Waals surface area contributed by atoms with Gasteiger partial charge in [-0.25, -0.2) is 14.2 Å². The van der Waals surface area contributed by atoms with Crippen molar-refractivity contribution in [1.29, 1.82) is 5.26 Å². The zero-order valence-electron chi connectivity index (χ0n) is 15.7. The van der Waals surface area contributed by atoms with Crippen LogP contribution in [0.1, 0.15) is 37.3 Å². The molecule has 0 spiro atoms. The van der Waals surface area contributed by atoms with E-state index >= 15 is 0 Å². The van der Waals surface area contributed by atoms with Gasteiger partial charge < -0.3 is 21.1 Å². The Hall–Kier alpha value is -3.34. The number of aromatic nitrogens is 1. The number of amides is 1. The summed E-state index contributed by atoms with van der Waals surface area (Å²) in [6.07, 6.45) is 0.837. The summed E-state index contributed by atoms with van der Waals surface area (Å²) >= 11 is 0. The quantitative estimate of drug-likeness (QED) is 0.572. The number of nitriles is 1. The van der Waals surface area contributed by atoms with Gasteiger partial charge in [0.2, 0.25) is 0 Å². The van der Waals surface area contributed by atoms with Gasteiger partial charge in [-0.15, -0.1) is 0 Å². The largest absolute Gasteiger partial charge is 0.465 e. The average molecular weight is 383 g/mol. The SMILES string of the molecule is CCC(Nc1nc(Nc2ccc(C)cc2)c(C#N)cc1F)C1(NC(=O)O)CC1. The lowest BCUT2D eigenvalue weighted by atomic mass is 10.0. The van der Waals surface area contributed by atoms with E-state index in [0.717, 1.165) is 17.3 Å². The van der Waals surface area contributed by atoms with Crippen LogP contribution in [-0.4, -0.2) is 27.8 Å². The molecule has 1 heterocycles. The van der Waals surface area contributed by atoms with E-state index in [0.29, 0.717) is 19.3 Å². The highest BCUT2D eigenvalue weighted by molar-refractivity contribution is 5.68. The van der Waals surface area contributed by atoms with Crippen molar-refractivity contribution in [1.82, 2.24) is 10.3 Å². The first-order valence-corrected chi connectivity index (χ1v) is 9.09. The third-order valence-corrected chi connectivity index (χ3v) is 4.94. The Morgan fingerprint density at radius 2 is 2.04 bits per heavy atom. The van der Waals surface area contributed by atoms with Crippen LogP contribution >= 0.6 is 0 Å². The molecule has 0 bridgehead atoms. The molecule has 1 amide bonds. The molecule has 0 radical (unpaired) electrons. The number of carboxylic acid groups (broad SMARTS) is 1. The molecule has 7 nitrogen and oxygen atoms in total. The van der Waals surface area contributed by atoms with Crippen LogP contribution in [0.5, 0.6) is 0 Å². The van der Waals surface area contributed by atoms with Crippen molar-refractivity contribution in [2.24, 2.45) is 0 Å². The Balaban J connectivity index is 1.87. The summed E-state index contributed by atoms with van der Waals surface area (Å²) < 4.78 is 14.5. The first kappa shape index (κ1) is 19.4. The van der Waals surface area contributed by atoms with E-state index in [4.69, 9.17) is 5.11 Å². The van der Waals surface area contributed by atoms with Crippen molar-refractivity contribution in [2.75, 3.05) is 10.6 Å². The lowest BCUT2D eigenvalue weighted by molar-refractivity contribution is 0.186. The number of hydrogen-bond donors (Lipinski definition) is 4. The third kappa shape index (κ3) is 4.14. The summed E-state index contributed by atoms with van der Waals surface area (Å²) in [6, 6.07) is 10.3. The maximum absolute atomic E-state index is 14.5. The molecule has 4 N–H and O–H groups in total. The normalized spacial score (nSPS) is 15.2. The minimum Gasteiger partial charge on any atom is -0.465 e. The summed E-state index contributed by atoms with van der Waals surface area (Å²) in [5, 5.41) is 27.0. The molecule has 2 aromatic rings.